The number of carbonyl (C=O) groups is 1. The van der Waals surface area contributed by atoms with E-state index < -0.39 is 6.61 Å². The first kappa shape index (κ1) is 17.5. The molecule has 4 nitrogen and oxygen atoms in total. The Morgan fingerprint density at radius 1 is 1.17 bits per heavy atom. The molecule has 2 aromatic rings. The summed E-state index contributed by atoms with van der Waals surface area (Å²) in [5.74, 6) is -0.369. The van der Waals surface area contributed by atoms with Crippen LogP contribution in [0.5, 0.6) is 11.5 Å². The maximum atomic E-state index is 12.4. The van der Waals surface area contributed by atoms with Gasteiger partial charge in [0.2, 0.25) is 0 Å². The normalized spacial score (nSPS) is 10.5. The molecule has 0 fully saturated rings. The van der Waals surface area contributed by atoms with Crippen LogP contribution < -0.4 is 14.8 Å². The van der Waals surface area contributed by atoms with E-state index in [9.17, 15) is 13.6 Å². The summed E-state index contributed by atoms with van der Waals surface area (Å²) in [6.07, 6.45) is 0. The first-order chi connectivity index (χ1) is 11.0. The van der Waals surface area contributed by atoms with Gasteiger partial charge in [-0.05, 0) is 72.0 Å². The second-order valence-electron chi connectivity index (χ2n) is 4.43. The Balaban J connectivity index is 2.19. The van der Waals surface area contributed by atoms with Crippen molar-refractivity contribution in [1.29, 1.82) is 0 Å². The third-order valence-electron chi connectivity index (χ3n) is 2.82. The van der Waals surface area contributed by atoms with Crippen molar-refractivity contribution >= 4 is 34.2 Å². The molecule has 23 heavy (non-hydrogen) atoms. The molecule has 7 heteroatoms. The van der Waals surface area contributed by atoms with Crippen LogP contribution in [0.15, 0.2) is 42.5 Å². The van der Waals surface area contributed by atoms with Gasteiger partial charge in [0.25, 0.3) is 5.91 Å². The second-order valence-corrected chi connectivity index (χ2v) is 5.68. The molecule has 0 heterocycles. The number of hydrogen-bond acceptors (Lipinski definition) is 3. The molecule has 0 aliphatic rings. The summed E-state index contributed by atoms with van der Waals surface area (Å²) in [5.41, 5.74) is 0.926. The number of hydrogen-bond donors (Lipinski definition) is 1. The van der Waals surface area contributed by atoms with Gasteiger partial charge in [-0.25, -0.2) is 0 Å². The number of halogens is 3. The topological polar surface area (TPSA) is 47.6 Å². The van der Waals surface area contributed by atoms with E-state index in [2.05, 4.69) is 32.6 Å². The molecule has 0 atom stereocenters. The predicted octanol–water partition coefficient (Wildman–Crippen LogP) is 4.54. The number of ether oxygens (including phenoxy) is 2. The third-order valence-corrected chi connectivity index (χ3v) is 3.54. The van der Waals surface area contributed by atoms with Crippen LogP contribution in [0.2, 0.25) is 0 Å². The summed E-state index contributed by atoms with van der Waals surface area (Å²) in [5, 5.41) is 2.73. The molecule has 0 aliphatic carbocycles. The minimum atomic E-state index is -2.96. The van der Waals surface area contributed by atoms with Crippen molar-refractivity contribution in [1.82, 2.24) is 0 Å². The van der Waals surface area contributed by atoms with Crippen LogP contribution in [-0.4, -0.2) is 19.1 Å². The minimum absolute atomic E-state index is 0.100. The monoisotopic (exact) mass is 433 g/mol. The molecule has 0 saturated heterocycles. The Hall–Kier alpha value is -1.90. The third kappa shape index (κ3) is 5.05. The standard InChI is InChI=1S/C16H14F2INO3/c1-2-22-14-9-10(3-8-13(14)23-16(17)18)15(21)20-12-6-4-11(19)5-7-12/h3-9,16H,2H2,1H3,(H,20,21). The lowest BCUT2D eigenvalue weighted by Gasteiger charge is -2.13. The average molecular weight is 433 g/mol. The van der Waals surface area contributed by atoms with Crippen LogP contribution in [0.1, 0.15) is 17.3 Å². The van der Waals surface area contributed by atoms with Crippen molar-refractivity contribution in [3.63, 3.8) is 0 Å². The lowest BCUT2D eigenvalue weighted by molar-refractivity contribution is -0.0514. The van der Waals surface area contributed by atoms with E-state index in [4.69, 9.17) is 4.74 Å². The molecule has 0 radical (unpaired) electrons. The largest absolute Gasteiger partial charge is 0.490 e. The number of amides is 1. The molecule has 0 bridgehead atoms. The highest BCUT2D eigenvalue weighted by atomic mass is 127. The molecule has 2 aromatic carbocycles. The van der Waals surface area contributed by atoms with Crippen LogP contribution in [0.25, 0.3) is 0 Å². The van der Waals surface area contributed by atoms with E-state index >= 15 is 0 Å². The molecule has 2 rings (SSSR count). The van der Waals surface area contributed by atoms with E-state index in [-0.39, 0.29) is 29.6 Å². The lowest BCUT2D eigenvalue weighted by atomic mass is 10.2. The number of nitrogens with one attached hydrogen (secondary N) is 1. The van der Waals surface area contributed by atoms with E-state index in [0.29, 0.717) is 5.69 Å². The van der Waals surface area contributed by atoms with Gasteiger partial charge in [0.05, 0.1) is 6.61 Å². The van der Waals surface area contributed by atoms with Crippen molar-refractivity contribution in [2.45, 2.75) is 13.5 Å². The van der Waals surface area contributed by atoms with Gasteiger partial charge in [-0.2, -0.15) is 8.78 Å². The Morgan fingerprint density at radius 2 is 1.87 bits per heavy atom. The van der Waals surface area contributed by atoms with Crippen molar-refractivity contribution < 1.29 is 23.0 Å². The Labute approximate surface area is 145 Å². The molecule has 0 aromatic heterocycles. The summed E-state index contributed by atoms with van der Waals surface area (Å²) < 4.78 is 35.4. The van der Waals surface area contributed by atoms with Gasteiger partial charge in [-0.3, -0.25) is 4.79 Å². The Morgan fingerprint density at radius 3 is 2.48 bits per heavy atom. The first-order valence-corrected chi connectivity index (χ1v) is 7.86. The van der Waals surface area contributed by atoms with Gasteiger partial charge in [-0.15, -0.1) is 0 Å². The lowest BCUT2D eigenvalue weighted by Crippen LogP contribution is -2.12. The molecule has 122 valence electrons. The highest BCUT2D eigenvalue weighted by molar-refractivity contribution is 14.1. The van der Waals surface area contributed by atoms with Crippen LogP contribution in [-0.2, 0) is 0 Å². The first-order valence-electron chi connectivity index (χ1n) is 6.78. The van der Waals surface area contributed by atoms with E-state index in [0.717, 1.165) is 3.57 Å². The SMILES string of the molecule is CCOc1cc(C(=O)Nc2ccc(I)cc2)ccc1OC(F)F. The van der Waals surface area contributed by atoms with Gasteiger partial charge < -0.3 is 14.8 Å². The number of alkyl halides is 2. The second kappa shape index (κ2) is 8.09. The van der Waals surface area contributed by atoms with Crippen molar-refractivity contribution in [3.8, 4) is 11.5 Å². The predicted molar refractivity (Wildman–Crippen MR) is 91.4 cm³/mol. The van der Waals surface area contributed by atoms with Crippen LogP contribution in [0.4, 0.5) is 14.5 Å². The maximum Gasteiger partial charge on any atom is 0.387 e. The zero-order chi connectivity index (χ0) is 16.8. The fraction of sp³-hybridized carbons (Fsp3) is 0.188. The van der Waals surface area contributed by atoms with Crippen molar-refractivity contribution in [3.05, 3.63) is 51.6 Å². The van der Waals surface area contributed by atoms with Crippen molar-refractivity contribution in [2.75, 3.05) is 11.9 Å². The number of benzene rings is 2. The minimum Gasteiger partial charge on any atom is -0.490 e. The summed E-state index contributed by atoms with van der Waals surface area (Å²) in [4.78, 5) is 12.2. The number of carbonyl (C=O) groups excluding carboxylic acids is 1. The van der Waals surface area contributed by atoms with E-state index in [1.165, 1.54) is 18.2 Å². The Bertz CT molecular complexity index is 678. The van der Waals surface area contributed by atoms with Crippen LogP contribution in [0, 0.1) is 3.57 Å². The highest BCUT2D eigenvalue weighted by Crippen LogP contribution is 2.30. The smallest absolute Gasteiger partial charge is 0.387 e. The Kier molecular flexibility index (Phi) is 6.14. The molecular weight excluding hydrogens is 419 g/mol. The number of rotatable bonds is 6. The summed E-state index contributed by atoms with van der Waals surface area (Å²) in [6.45, 7) is -0.979. The summed E-state index contributed by atoms with van der Waals surface area (Å²) >= 11 is 2.16. The molecule has 1 amide bonds. The van der Waals surface area contributed by atoms with Gasteiger partial charge in [-0.1, -0.05) is 0 Å². The molecule has 1 N–H and O–H groups in total. The zero-order valence-electron chi connectivity index (χ0n) is 12.2. The van der Waals surface area contributed by atoms with Gasteiger partial charge in [0, 0.05) is 14.8 Å². The fourth-order valence-electron chi connectivity index (χ4n) is 1.85. The van der Waals surface area contributed by atoms with Gasteiger partial charge in [0.1, 0.15) is 0 Å². The molecule has 0 unspecified atom stereocenters. The fourth-order valence-corrected chi connectivity index (χ4v) is 2.21. The van der Waals surface area contributed by atoms with Crippen molar-refractivity contribution in [2.24, 2.45) is 0 Å². The summed E-state index contributed by atoms with van der Waals surface area (Å²) in [7, 11) is 0. The van der Waals surface area contributed by atoms with E-state index in [1.54, 1.807) is 19.1 Å². The van der Waals surface area contributed by atoms with Crippen LogP contribution in [0.3, 0.4) is 0 Å². The van der Waals surface area contributed by atoms with E-state index in [1.807, 2.05) is 12.1 Å². The molecule has 0 spiro atoms. The molecule has 0 saturated carbocycles. The highest BCUT2D eigenvalue weighted by Gasteiger charge is 2.14. The van der Waals surface area contributed by atoms with Gasteiger partial charge in [0.15, 0.2) is 11.5 Å². The summed E-state index contributed by atoms with van der Waals surface area (Å²) in [6, 6.07) is 11.4. The molecule has 0 aliphatic heterocycles. The zero-order valence-corrected chi connectivity index (χ0v) is 14.3. The maximum absolute atomic E-state index is 12.4. The molecular formula is C16H14F2INO3. The number of anilines is 1. The van der Waals surface area contributed by atoms with Crippen LogP contribution >= 0.6 is 22.6 Å². The quantitative estimate of drug-likeness (QED) is 0.681. The van der Waals surface area contributed by atoms with Gasteiger partial charge >= 0.3 is 6.61 Å². The average Bonchev–Trinajstić information content (AvgIpc) is 2.51.